The molecule has 5 heteroatoms. The lowest BCUT2D eigenvalue weighted by atomic mass is 9.88. The van der Waals surface area contributed by atoms with Gasteiger partial charge in [0, 0.05) is 23.3 Å². The number of hydrogen-bond donors (Lipinski definition) is 3. The first-order valence-corrected chi connectivity index (χ1v) is 11.1. The number of amides is 2. The molecule has 0 rings (SSSR count). The van der Waals surface area contributed by atoms with Gasteiger partial charge in [-0.15, -0.1) is 0 Å². The molecule has 0 aromatic carbocycles. The molecule has 0 radical (unpaired) electrons. The van der Waals surface area contributed by atoms with E-state index in [9.17, 15) is 9.59 Å². The van der Waals surface area contributed by atoms with Crippen molar-refractivity contribution in [3.63, 3.8) is 0 Å². The van der Waals surface area contributed by atoms with Gasteiger partial charge in [-0.25, -0.2) is 10.9 Å². The summed E-state index contributed by atoms with van der Waals surface area (Å²) < 4.78 is 0. The smallest absolute Gasteiger partial charge is 0.225 e. The van der Waals surface area contributed by atoms with Crippen LogP contribution in [-0.4, -0.2) is 36.2 Å². The lowest BCUT2D eigenvalue weighted by molar-refractivity contribution is -0.129. The molecule has 24 heavy (non-hydrogen) atoms. The Balaban J connectivity index is 4.21. The molecule has 0 aliphatic carbocycles. The van der Waals surface area contributed by atoms with Crippen molar-refractivity contribution in [3.05, 3.63) is 0 Å². The van der Waals surface area contributed by atoms with Crippen LogP contribution in [0.2, 0.25) is 0 Å². The Hall–Kier alpha value is -0.710. The highest BCUT2D eigenvalue weighted by atomic mass is 32.2. The first-order chi connectivity index (χ1) is 10.6. The third-order valence-corrected chi connectivity index (χ3v) is 5.77. The van der Waals surface area contributed by atoms with Crippen LogP contribution in [0, 0.1) is 16.2 Å². The lowest BCUT2D eigenvalue weighted by Gasteiger charge is -2.28. The lowest BCUT2D eigenvalue weighted by Crippen LogP contribution is -2.39. The number of carbonyl (C=O) groups excluding carboxylic acids is 2. The third-order valence-electron chi connectivity index (χ3n) is 4.08. The van der Waals surface area contributed by atoms with Crippen molar-refractivity contribution in [1.82, 2.24) is 10.6 Å². The Morgan fingerprint density at radius 1 is 0.833 bits per heavy atom. The van der Waals surface area contributed by atoms with E-state index in [1.54, 1.807) is 0 Å². The van der Waals surface area contributed by atoms with Crippen molar-refractivity contribution in [2.24, 2.45) is 16.2 Å². The molecule has 0 heterocycles. The highest BCUT2D eigenvalue weighted by molar-refractivity contribution is 8.16. The average molecular weight is 361 g/mol. The van der Waals surface area contributed by atoms with Crippen molar-refractivity contribution in [2.45, 2.75) is 68.2 Å². The van der Waals surface area contributed by atoms with Crippen molar-refractivity contribution < 1.29 is 9.59 Å². The molecule has 4 nitrogen and oxygen atoms in total. The minimum absolute atomic E-state index is 0.0935. The van der Waals surface area contributed by atoms with Crippen molar-refractivity contribution in [2.75, 3.05) is 24.4 Å². The standard InChI is InChI=1S/C19H40N2O2S/c1-17(2,3)10-12-20-16(23)19(7,8)11-13-24(9)14-21-15(22)18(4,5)6/h24H,10-14H2,1-9H3,(H,20,23)(H,21,22). The maximum absolute atomic E-state index is 12.4. The number of rotatable bonds is 8. The zero-order valence-corrected chi connectivity index (χ0v) is 18.2. The molecule has 0 aromatic heterocycles. The highest BCUT2D eigenvalue weighted by Crippen LogP contribution is 2.29. The number of nitrogens with one attached hydrogen (secondary N) is 2. The van der Waals surface area contributed by atoms with Gasteiger partial charge < -0.3 is 10.6 Å². The summed E-state index contributed by atoms with van der Waals surface area (Å²) in [4.78, 5) is 24.3. The first-order valence-electron chi connectivity index (χ1n) is 8.90. The Morgan fingerprint density at radius 3 is 1.83 bits per heavy atom. The van der Waals surface area contributed by atoms with Crippen molar-refractivity contribution in [1.29, 1.82) is 0 Å². The zero-order chi connectivity index (χ0) is 19.2. The molecule has 0 aromatic rings. The SMILES string of the molecule is C[SH](CCC(C)(C)C(=O)NCCC(C)(C)C)CNC(=O)C(C)(C)C. The highest BCUT2D eigenvalue weighted by Gasteiger charge is 2.28. The summed E-state index contributed by atoms with van der Waals surface area (Å²) in [6.07, 6.45) is 4.02. The minimum atomic E-state index is -0.359. The van der Waals surface area contributed by atoms with E-state index < -0.39 is 0 Å². The second-order valence-electron chi connectivity index (χ2n) is 9.69. The molecule has 0 saturated carbocycles. The van der Waals surface area contributed by atoms with Crippen LogP contribution in [0.1, 0.15) is 68.2 Å². The number of carbonyl (C=O) groups is 2. The van der Waals surface area contributed by atoms with Crippen LogP contribution in [0.4, 0.5) is 0 Å². The van der Waals surface area contributed by atoms with E-state index >= 15 is 0 Å². The molecule has 0 bridgehead atoms. The predicted molar refractivity (Wildman–Crippen MR) is 108 cm³/mol. The summed E-state index contributed by atoms with van der Waals surface area (Å²) in [5, 5.41) is 6.10. The van der Waals surface area contributed by atoms with E-state index in [-0.39, 0.29) is 39.0 Å². The van der Waals surface area contributed by atoms with Gasteiger partial charge in [0.05, 0.1) is 0 Å². The third kappa shape index (κ3) is 10.2. The fraction of sp³-hybridized carbons (Fsp3) is 0.895. The van der Waals surface area contributed by atoms with Gasteiger partial charge >= 0.3 is 0 Å². The fourth-order valence-corrected chi connectivity index (χ4v) is 3.44. The Morgan fingerprint density at radius 2 is 1.38 bits per heavy atom. The number of thiol groups is 1. The molecule has 1 unspecified atom stereocenters. The summed E-state index contributed by atoms with van der Waals surface area (Å²) in [6.45, 7) is 17.1. The van der Waals surface area contributed by atoms with Crippen molar-refractivity contribution in [3.8, 4) is 0 Å². The van der Waals surface area contributed by atoms with Gasteiger partial charge in [-0.3, -0.25) is 9.59 Å². The second-order valence-corrected chi connectivity index (χ2v) is 12.2. The molecule has 2 N–H and O–H groups in total. The molecule has 1 atom stereocenters. The zero-order valence-electron chi connectivity index (χ0n) is 17.3. The van der Waals surface area contributed by atoms with Gasteiger partial charge in [0.15, 0.2) is 0 Å². The molecule has 0 saturated heterocycles. The average Bonchev–Trinajstić information content (AvgIpc) is 2.39. The monoisotopic (exact) mass is 360 g/mol. The van der Waals surface area contributed by atoms with Crippen LogP contribution >= 0.6 is 10.9 Å². The minimum Gasteiger partial charge on any atom is -0.356 e. The molecule has 0 fully saturated rings. The van der Waals surface area contributed by atoms with Crippen LogP contribution in [-0.2, 0) is 9.59 Å². The largest absolute Gasteiger partial charge is 0.356 e. The van der Waals surface area contributed by atoms with Gasteiger partial charge in [-0.1, -0.05) is 55.4 Å². The molecule has 0 spiro atoms. The van der Waals surface area contributed by atoms with E-state index in [1.165, 1.54) is 0 Å². The summed E-state index contributed by atoms with van der Waals surface area (Å²) in [5.74, 6) is 1.94. The van der Waals surface area contributed by atoms with Crippen LogP contribution in [0.25, 0.3) is 0 Å². The topological polar surface area (TPSA) is 58.2 Å². The maximum atomic E-state index is 12.4. The first kappa shape index (κ1) is 23.3. The fourth-order valence-electron chi connectivity index (χ4n) is 1.93. The summed E-state index contributed by atoms with van der Waals surface area (Å²) in [7, 11) is -0.293. The van der Waals surface area contributed by atoms with E-state index in [0.29, 0.717) is 0 Å². The normalized spacial score (nSPS) is 15.0. The van der Waals surface area contributed by atoms with Gasteiger partial charge in [-0.2, -0.15) is 0 Å². The summed E-state index contributed by atoms with van der Waals surface area (Å²) in [5.41, 5.74) is -0.467. The molecule has 2 amide bonds. The Bertz CT molecular complexity index is 420. The maximum Gasteiger partial charge on any atom is 0.225 e. The molecular formula is C19H40N2O2S. The van der Waals surface area contributed by atoms with Crippen molar-refractivity contribution >= 4 is 22.7 Å². The quantitative estimate of drug-likeness (QED) is 0.578. The number of hydrogen-bond acceptors (Lipinski definition) is 2. The van der Waals surface area contributed by atoms with E-state index in [0.717, 1.165) is 31.0 Å². The Kier molecular flexibility index (Phi) is 8.85. The summed E-state index contributed by atoms with van der Waals surface area (Å²) >= 11 is 0. The van der Waals surface area contributed by atoms with Gasteiger partial charge in [-0.05, 0) is 30.3 Å². The van der Waals surface area contributed by atoms with E-state index in [4.69, 9.17) is 0 Å². The van der Waals surface area contributed by atoms with Crippen LogP contribution in [0.5, 0.6) is 0 Å². The molecule has 0 aliphatic rings. The van der Waals surface area contributed by atoms with Gasteiger partial charge in [0.25, 0.3) is 0 Å². The predicted octanol–water partition coefficient (Wildman–Crippen LogP) is 3.71. The van der Waals surface area contributed by atoms with Gasteiger partial charge in [0.1, 0.15) is 0 Å². The second kappa shape index (κ2) is 9.12. The van der Waals surface area contributed by atoms with Crippen LogP contribution in [0.3, 0.4) is 0 Å². The summed E-state index contributed by atoms with van der Waals surface area (Å²) in [6, 6.07) is 0. The Labute approximate surface area is 152 Å². The van der Waals surface area contributed by atoms with Crippen LogP contribution in [0.15, 0.2) is 0 Å². The molecule has 0 aliphatic heterocycles. The van der Waals surface area contributed by atoms with Crippen LogP contribution < -0.4 is 10.6 Å². The van der Waals surface area contributed by atoms with Gasteiger partial charge in [0.2, 0.25) is 11.8 Å². The van der Waals surface area contributed by atoms with E-state index in [1.807, 2.05) is 34.6 Å². The van der Waals surface area contributed by atoms with E-state index in [2.05, 4.69) is 37.7 Å². The molecular weight excluding hydrogens is 320 g/mol. The molecule has 144 valence electrons.